The van der Waals surface area contributed by atoms with Crippen molar-refractivity contribution in [2.75, 3.05) is 23.3 Å². The Hall–Kier alpha value is -2.02. The van der Waals surface area contributed by atoms with E-state index in [0.717, 1.165) is 30.8 Å². The number of para-hydroxylation sites is 2. The van der Waals surface area contributed by atoms with Crippen molar-refractivity contribution in [2.24, 2.45) is 5.41 Å². The number of rotatable bonds is 3. The van der Waals surface area contributed by atoms with Gasteiger partial charge < -0.3 is 10.2 Å². The van der Waals surface area contributed by atoms with Crippen LogP contribution in [0.5, 0.6) is 0 Å². The minimum Gasteiger partial charge on any atom is -0.360 e. The highest BCUT2D eigenvalue weighted by molar-refractivity contribution is 6.01. The lowest BCUT2D eigenvalue weighted by Gasteiger charge is -2.33. The van der Waals surface area contributed by atoms with E-state index in [2.05, 4.69) is 16.3 Å². The van der Waals surface area contributed by atoms with Crippen LogP contribution in [0.25, 0.3) is 0 Å². The van der Waals surface area contributed by atoms with Gasteiger partial charge in [0.15, 0.2) is 0 Å². The topological polar surface area (TPSA) is 56.1 Å². The average Bonchev–Trinajstić information content (AvgIpc) is 3.09. The number of hydrogen-bond donors (Lipinski definition) is 1. The van der Waals surface area contributed by atoms with Crippen LogP contribution in [0.2, 0.25) is 0 Å². The Labute approximate surface area is 106 Å². The summed E-state index contributed by atoms with van der Waals surface area (Å²) in [5.74, 6) is 0.0291. The van der Waals surface area contributed by atoms with Crippen LogP contribution < -0.4 is 10.2 Å². The molecule has 1 fully saturated rings. The summed E-state index contributed by atoms with van der Waals surface area (Å²) in [6, 6.07) is 10.1. The van der Waals surface area contributed by atoms with Crippen molar-refractivity contribution in [1.29, 1.82) is 5.26 Å². The van der Waals surface area contributed by atoms with Gasteiger partial charge in [0.1, 0.15) is 0 Å². The molecule has 0 atom stereocenters. The van der Waals surface area contributed by atoms with E-state index in [4.69, 9.17) is 5.26 Å². The van der Waals surface area contributed by atoms with E-state index in [-0.39, 0.29) is 11.3 Å². The quantitative estimate of drug-likeness (QED) is 0.882. The largest absolute Gasteiger partial charge is 0.360 e. The molecule has 18 heavy (non-hydrogen) atoms. The number of amides is 1. The molecular weight excluding hydrogens is 226 g/mol. The number of nitriles is 1. The van der Waals surface area contributed by atoms with Crippen molar-refractivity contribution in [3.63, 3.8) is 0 Å². The molecule has 1 saturated carbocycles. The van der Waals surface area contributed by atoms with E-state index >= 15 is 0 Å². The first kappa shape index (κ1) is 11.1. The molecule has 3 rings (SSSR count). The highest BCUT2D eigenvalue weighted by Gasteiger charge is 2.44. The van der Waals surface area contributed by atoms with E-state index < -0.39 is 0 Å². The Kier molecular flexibility index (Phi) is 2.48. The standard InChI is InChI=1S/C14H15N3O/c15-8-7-14(5-6-14)10-17-9-13(18)16-11-3-1-2-4-12(11)17/h1-4H,5-7,9-10H2,(H,16,18). The van der Waals surface area contributed by atoms with Crippen LogP contribution >= 0.6 is 0 Å². The zero-order valence-electron chi connectivity index (χ0n) is 10.1. The zero-order valence-corrected chi connectivity index (χ0v) is 10.1. The van der Waals surface area contributed by atoms with Crippen molar-refractivity contribution < 1.29 is 4.79 Å². The molecule has 0 saturated heterocycles. The normalized spacial score (nSPS) is 19.7. The lowest BCUT2D eigenvalue weighted by molar-refractivity contribution is -0.115. The van der Waals surface area contributed by atoms with Gasteiger partial charge in [0.2, 0.25) is 5.91 Å². The van der Waals surface area contributed by atoms with E-state index in [0.29, 0.717) is 13.0 Å². The first-order valence-corrected chi connectivity index (χ1v) is 6.23. The third-order valence-corrected chi connectivity index (χ3v) is 3.79. The Balaban J connectivity index is 1.85. The first-order chi connectivity index (χ1) is 8.72. The molecule has 1 aromatic carbocycles. The second-order valence-electron chi connectivity index (χ2n) is 5.26. The Morgan fingerprint density at radius 1 is 1.39 bits per heavy atom. The molecule has 1 amide bonds. The van der Waals surface area contributed by atoms with Gasteiger partial charge in [-0.15, -0.1) is 0 Å². The Bertz CT molecular complexity index is 528. The molecule has 1 heterocycles. The van der Waals surface area contributed by atoms with Gasteiger partial charge in [-0.2, -0.15) is 5.26 Å². The maximum Gasteiger partial charge on any atom is 0.243 e. The van der Waals surface area contributed by atoms with Gasteiger partial charge in [0.05, 0.1) is 24.0 Å². The summed E-state index contributed by atoms with van der Waals surface area (Å²) in [5.41, 5.74) is 2.07. The number of nitrogens with zero attached hydrogens (tertiary/aromatic N) is 2. The zero-order chi connectivity index (χ0) is 12.6. The summed E-state index contributed by atoms with van der Waals surface area (Å²) in [4.78, 5) is 13.8. The second kappa shape index (κ2) is 4.02. The molecule has 4 nitrogen and oxygen atoms in total. The van der Waals surface area contributed by atoms with Gasteiger partial charge in [0, 0.05) is 18.4 Å². The molecule has 1 aliphatic carbocycles. The third kappa shape index (κ3) is 1.92. The van der Waals surface area contributed by atoms with E-state index in [1.165, 1.54) is 0 Å². The van der Waals surface area contributed by atoms with Gasteiger partial charge >= 0.3 is 0 Å². The molecular formula is C14H15N3O. The van der Waals surface area contributed by atoms with Gasteiger partial charge in [-0.25, -0.2) is 0 Å². The van der Waals surface area contributed by atoms with Crippen molar-refractivity contribution in [3.8, 4) is 6.07 Å². The fourth-order valence-corrected chi connectivity index (χ4v) is 2.58. The van der Waals surface area contributed by atoms with Crippen LogP contribution in [0, 0.1) is 16.7 Å². The molecule has 0 aromatic heterocycles. The molecule has 0 spiro atoms. The van der Waals surface area contributed by atoms with Gasteiger partial charge in [-0.3, -0.25) is 4.79 Å². The van der Waals surface area contributed by atoms with Crippen LogP contribution in [-0.2, 0) is 4.79 Å². The summed E-state index contributed by atoms with van der Waals surface area (Å²) in [6.07, 6.45) is 2.79. The first-order valence-electron chi connectivity index (χ1n) is 6.23. The molecule has 0 unspecified atom stereocenters. The summed E-state index contributed by atoms with van der Waals surface area (Å²) in [7, 11) is 0. The van der Waals surface area contributed by atoms with Gasteiger partial charge in [-0.1, -0.05) is 12.1 Å². The van der Waals surface area contributed by atoms with E-state index in [1.807, 2.05) is 24.3 Å². The van der Waals surface area contributed by atoms with Gasteiger partial charge in [-0.05, 0) is 25.0 Å². The minimum atomic E-state index is 0.0291. The molecule has 2 aliphatic rings. The molecule has 0 bridgehead atoms. The predicted octanol–water partition coefficient (Wildman–Crippen LogP) is 2.14. The Morgan fingerprint density at radius 3 is 2.89 bits per heavy atom. The fraction of sp³-hybridized carbons (Fsp3) is 0.429. The van der Waals surface area contributed by atoms with Crippen molar-refractivity contribution in [3.05, 3.63) is 24.3 Å². The van der Waals surface area contributed by atoms with Crippen molar-refractivity contribution in [1.82, 2.24) is 0 Å². The second-order valence-corrected chi connectivity index (χ2v) is 5.26. The smallest absolute Gasteiger partial charge is 0.243 e. The number of benzene rings is 1. The number of fused-ring (bicyclic) bond motifs is 1. The monoisotopic (exact) mass is 241 g/mol. The number of hydrogen-bond acceptors (Lipinski definition) is 3. The van der Waals surface area contributed by atoms with Crippen LogP contribution in [0.4, 0.5) is 11.4 Å². The summed E-state index contributed by atoms with van der Waals surface area (Å²) in [6.45, 7) is 1.20. The minimum absolute atomic E-state index is 0.0291. The summed E-state index contributed by atoms with van der Waals surface area (Å²) < 4.78 is 0. The summed E-state index contributed by atoms with van der Waals surface area (Å²) in [5, 5.41) is 11.8. The average molecular weight is 241 g/mol. The maximum atomic E-state index is 11.7. The van der Waals surface area contributed by atoms with Crippen molar-refractivity contribution >= 4 is 17.3 Å². The maximum absolute atomic E-state index is 11.7. The Morgan fingerprint density at radius 2 is 2.17 bits per heavy atom. The summed E-state index contributed by atoms with van der Waals surface area (Å²) >= 11 is 0. The lowest BCUT2D eigenvalue weighted by Crippen LogP contribution is -2.41. The van der Waals surface area contributed by atoms with Crippen LogP contribution in [0.3, 0.4) is 0 Å². The number of carbonyl (C=O) groups is 1. The van der Waals surface area contributed by atoms with Crippen LogP contribution in [0.1, 0.15) is 19.3 Å². The SMILES string of the molecule is N#CCC1(CN2CC(=O)Nc3ccccc32)CC1. The molecule has 1 N–H and O–H groups in total. The number of nitrogens with one attached hydrogen (secondary N) is 1. The van der Waals surface area contributed by atoms with Crippen LogP contribution in [0.15, 0.2) is 24.3 Å². The highest BCUT2D eigenvalue weighted by atomic mass is 16.2. The number of anilines is 2. The number of carbonyl (C=O) groups excluding carboxylic acids is 1. The predicted molar refractivity (Wildman–Crippen MR) is 69.2 cm³/mol. The van der Waals surface area contributed by atoms with Gasteiger partial charge in [0.25, 0.3) is 0 Å². The highest BCUT2D eigenvalue weighted by Crippen LogP contribution is 2.50. The molecule has 4 heteroatoms. The van der Waals surface area contributed by atoms with Crippen LogP contribution in [-0.4, -0.2) is 19.0 Å². The molecule has 0 radical (unpaired) electrons. The molecule has 1 aliphatic heterocycles. The molecule has 1 aromatic rings. The van der Waals surface area contributed by atoms with E-state index in [1.54, 1.807) is 0 Å². The lowest BCUT2D eigenvalue weighted by atomic mass is 10.0. The van der Waals surface area contributed by atoms with Crippen molar-refractivity contribution in [2.45, 2.75) is 19.3 Å². The fourth-order valence-electron chi connectivity index (χ4n) is 2.58. The third-order valence-electron chi connectivity index (χ3n) is 3.79. The molecule has 92 valence electrons. The van der Waals surface area contributed by atoms with E-state index in [9.17, 15) is 4.79 Å².